The number of benzene rings is 2. The molecule has 6 nitrogen and oxygen atoms in total. The monoisotopic (exact) mass is 558 g/mol. The first-order chi connectivity index (χ1) is 18.7. The van der Waals surface area contributed by atoms with Crippen molar-refractivity contribution >= 4 is 29.0 Å². The molecule has 3 aromatic rings. The Morgan fingerprint density at radius 2 is 1.72 bits per heavy atom. The SMILES string of the molecule is Cc1ccsc1CN(Cc1ccccc1)C(=O)CN(CCN1CCCC1)C(=O)Nc1cccc(C(F)(F)F)c1. The third kappa shape index (κ3) is 8.31. The molecule has 208 valence electrons. The van der Waals surface area contributed by atoms with Gasteiger partial charge in [-0.25, -0.2) is 4.79 Å². The second-order valence-electron chi connectivity index (χ2n) is 9.74. The predicted molar refractivity (Wildman–Crippen MR) is 147 cm³/mol. The molecule has 0 radical (unpaired) electrons. The first kappa shape index (κ1) is 28.6. The number of halogens is 3. The summed E-state index contributed by atoms with van der Waals surface area (Å²) in [5, 5.41) is 4.57. The minimum atomic E-state index is -4.52. The van der Waals surface area contributed by atoms with Crippen molar-refractivity contribution in [3.05, 3.63) is 87.6 Å². The van der Waals surface area contributed by atoms with E-state index in [2.05, 4.69) is 10.2 Å². The summed E-state index contributed by atoms with van der Waals surface area (Å²) in [5.74, 6) is -0.229. The summed E-state index contributed by atoms with van der Waals surface area (Å²) < 4.78 is 39.6. The van der Waals surface area contributed by atoms with Crippen LogP contribution < -0.4 is 5.32 Å². The molecule has 1 aliphatic rings. The van der Waals surface area contributed by atoms with Gasteiger partial charge < -0.3 is 20.0 Å². The van der Waals surface area contributed by atoms with Crippen LogP contribution in [0, 0.1) is 6.92 Å². The lowest BCUT2D eigenvalue weighted by Crippen LogP contribution is -2.46. The Bertz CT molecular complexity index is 1240. The molecule has 1 N–H and O–H groups in total. The zero-order valence-corrected chi connectivity index (χ0v) is 22.7. The number of likely N-dealkylation sites (tertiary alicyclic amines) is 1. The lowest BCUT2D eigenvalue weighted by atomic mass is 10.2. The molecule has 39 heavy (non-hydrogen) atoms. The number of urea groups is 1. The van der Waals surface area contributed by atoms with Crippen molar-refractivity contribution in [3.63, 3.8) is 0 Å². The first-order valence-electron chi connectivity index (χ1n) is 13.0. The second-order valence-corrected chi connectivity index (χ2v) is 10.7. The number of carbonyl (C=O) groups is 2. The zero-order chi connectivity index (χ0) is 27.8. The fourth-order valence-electron chi connectivity index (χ4n) is 4.54. The topological polar surface area (TPSA) is 55.9 Å². The maximum Gasteiger partial charge on any atom is 0.416 e. The standard InChI is InChI=1S/C29H33F3N4O2S/c1-22-12-17-39-26(22)20-36(19-23-8-3-2-4-9-23)27(37)21-35(16-15-34-13-5-6-14-34)28(38)33-25-11-7-10-24(18-25)29(30,31)32/h2-4,7-12,17-18H,5-6,13-16,19-21H2,1H3,(H,33,38). The van der Waals surface area contributed by atoms with Gasteiger partial charge in [-0.05, 0) is 73.6 Å². The molecule has 1 fully saturated rings. The van der Waals surface area contributed by atoms with Crippen LogP contribution in [0.2, 0.25) is 0 Å². The highest BCUT2D eigenvalue weighted by atomic mass is 32.1. The van der Waals surface area contributed by atoms with E-state index in [9.17, 15) is 22.8 Å². The number of nitrogens with one attached hydrogen (secondary N) is 1. The second kappa shape index (κ2) is 13.1. The Balaban J connectivity index is 1.52. The van der Waals surface area contributed by atoms with Gasteiger partial charge in [0, 0.05) is 30.2 Å². The number of carbonyl (C=O) groups excluding carboxylic acids is 2. The van der Waals surface area contributed by atoms with E-state index in [0.717, 1.165) is 54.1 Å². The zero-order valence-electron chi connectivity index (χ0n) is 21.9. The van der Waals surface area contributed by atoms with Crippen LogP contribution in [-0.4, -0.2) is 59.4 Å². The van der Waals surface area contributed by atoms with Crippen LogP contribution in [0.5, 0.6) is 0 Å². The Morgan fingerprint density at radius 3 is 2.38 bits per heavy atom. The number of thiophene rings is 1. The molecule has 1 aromatic heterocycles. The molecular weight excluding hydrogens is 525 g/mol. The summed E-state index contributed by atoms with van der Waals surface area (Å²) in [5.41, 5.74) is 1.25. The molecule has 10 heteroatoms. The van der Waals surface area contributed by atoms with E-state index in [-0.39, 0.29) is 24.7 Å². The van der Waals surface area contributed by atoms with Gasteiger partial charge in [0.2, 0.25) is 5.91 Å². The van der Waals surface area contributed by atoms with E-state index in [4.69, 9.17) is 0 Å². The summed E-state index contributed by atoms with van der Waals surface area (Å²) in [6, 6.07) is 15.6. The molecule has 1 aliphatic heterocycles. The van der Waals surface area contributed by atoms with Crippen molar-refractivity contribution in [2.45, 2.75) is 39.0 Å². The van der Waals surface area contributed by atoms with Crippen molar-refractivity contribution in [1.82, 2.24) is 14.7 Å². The molecular formula is C29H33F3N4O2S. The van der Waals surface area contributed by atoms with Crippen LogP contribution in [0.15, 0.2) is 66.0 Å². The van der Waals surface area contributed by atoms with Gasteiger partial charge >= 0.3 is 12.2 Å². The largest absolute Gasteiger partial charge is 0.416 e. The van der Waals surface area contributed by atoms with Gasteiger partial charge in [-0.2, -0.15) is 13.2 Å². The van der Waals surface area contributed by atoms with Gasteiger partial charge in [0.05, 0.1) is 12.1 Å². The van der Waals surface area contributed by atoms with Gasteiger partial charge in [-0.1, -0.05) is 36.4 Å². The van der Waals surface area contributed by atoms with E-state index >= 15 is 0 Å². The Morgan fingerprint density at radius 1 is 0.974 bits per heavy atom. The van der Waals surface area contributed by atoms with Crippen LogP contribution in [0.3, 0.4) is 0 Å². The minimum Gasteiger partial charge on any atom is -0.332 e. The molecule has 0 spiro atoms. The molecule has 0 saturated carbocycles. The Labute approximate surface area is 231 Å². The van der Waals surface area contributed by atoms with Gasteiger partial charge in [-0.15, -0.1) is 11.3 Å². The molecule has 0 unspecified atom stereocenters. The third-order valence-corrected chi connectivity index (χ3v) is 7.82. The maximum absolute atomic E-state index is 13.7. The molecule has 2 heterocycles. The molecule has 0 atom stereocenters. The fourth-order valence-corrected chi connectivity index (χ4v) is 5.46. The van der Waals surface area contributed by atoms with Gasteiger partial charge in [-0.3, -0.25) is 4.79 Å². The van der Waals surface area contributed by atoms with Crippen LogP contribution >= 0.6 is 11.3 Å². The number of amides is 3. The van der Waals surface area contributed by atoms with Crippen LogP contribution in [-0.2, 0) is 24.1 Å². The van der Waals surface area contributed by atoms with Crippen molar-refractivity contribution in [3.8, 4) is 0 Å². The third-order valence-electron chi connectivity index (χ3n) is 6.81. The normalized spacial score (nSPS) is 13.8. The average molecular weight is 559 g/mol. The van der Waals surface area contributed by atoms with Crippen molar-refractivity contribution in [2.75, 3.05) is 38.0 Å². The number of anilines is 1. The molecule has 0 bridgehead atoms. The summed E-state index contributed by atoms with van der Waals surface area (Å²) >= 11 is 1.58. The lowest BCUT2D eigenvalue weighted by molar-refractivity contribution is -0.137. The highest BCUT2D eigenvalue weighted by molar-refractivity contribution is 7.10. The first-order valence-corrected chi connectivity index (χ1v) is 13.9. The van der Waals surface area contributed by atoms with E-state index in [1.165, 1.54) is 17.0 Å². The fraction of sp³-hybridized carbons (Fsp3) is 0.379. The maximum atomic E-state index is 13.7. The Hall–Kier alpha value is -3.37. The van der Waals surface area contributed by atoms with Crippen LogP contribution in [0.4, 0.5) is 23.7 Å². The van der Waals surface area contributed by atoms with Gasteiger partial charge in [0.25, 0.3) is 0 Å². The number of nitrogens with zero attached hydrogens (tertiary/aromatic N) is 3. The van der Waals surface area contributed by atoms with Crippen LogP contribution in [0.25, 0.3) is 0 Å². The van der Waals surface area contributed by atoms with E-state index in [1.807, 2.05) is 48.7 Å². The molecule has 0 aliphatic carbocycles. The van der Waals surface area contributed by atoms with Crippen molar-refractivity contribution in [1.29, 1.82) is 0 Å². The highest BCUT2D eigenvalue weighted by Crippen LogP contribution is 2.30. The highest BCUT2D eigenvalue weighted by Gasteiger charge is 2.31. The summed E-state index contributed by atoms with van der Waals surface area (Å²) in [6.45, 7) is 5.33. The molecule has 4 rings (SSSR count). The van der Waals surface area contributed by atoms with Crippen molar-refractivity contribution < 1.29 is 22.8 Å². The van der Waals surface area contributed by atoms with Crippen molar-refractivity contribution in [2.24, 2.45) is 0 Å². The van der Waals surface area contributed by atoms with E-state index < -0.39 is 17.8 Å². The molecule has 1 saturated heterocycles. The number of rotatable bonds is 10. The summed E-state index contributed by atoms with van der Waals surface area (Å²) in [6.07, 6.45) is -2.36. The van der Waals surface area contributed by atoms with E-state index in [0.29, 0.717) is 19.6 Å². The summed E-state index contributed by atoms with van der Waals surface area (Å²) in [4.78, 5) is 33.4. The van der Waals surface area contributed by atoms with Gasteiger partial charge in [0.1, 0.15) is 6.54 Å². The smallest absolute Gasteiger partial charge is 0.332 e. The summed E-state index contributed by atoms with van der Waals surface area (Å²) in [7, 11) is 0. The van der Waals surface area contributed by atoms with Gasteiger partial charge in [0.15, 0.2) is 0 Å². The van der Waals surface area contributed by atoms with E-state index in [1.54, 1.807) is 16.2 Å². The number of alkyl halides is 3. The average Bonchev–Trinajstić information content (AvgIpc) is 3.58. The lowest BCUT2D eigenvalue weighted by Gasteiger charge is -2.29. The number of aryl methyl sites for hydroxylation is 1. The minimum absolute atomic E-state index is 0.0313. The Kier molecular flexibility index (Phi) is 9.63. The number of hydrogen-bond acceptors (Lipinski definition) is 4. The quantitative estimate of drug-likeness (QED) is 0.321. The predicted octanol–water partition coefficient (Wildman–Crippen LogP) is 6.23. The van der Waals surface area contributed by atoms with Crippen LogP contribution in [0.1, 0.15) is 34.4 Å². The molecule has 2 aromatic carbocycles. The molecule has 3 amide bonds. The number of hydrogen-bond donors (Lipinski definition) is 1.